The van der Waals surface area contributed by atoms with Gasteiger partial charge in [-0.3, -0.25) is 4.79 Å². The molecule has 1 aliphatic rings. The number of hydrogen-bond donors (Lipinski definition) is 2. The summed E-state index contributed by atoms with van der Waals surface area (Å²) in [7, 11) is 0. The lowest BCUT2D eigenvalue weighted by Crippen LogP contribution is -2.36. The SMILES string of the molecule is CCC(CC)CNC(=O)CC(C)C1CCCNC1. The molecule has 1 aliphatic heterocycles. The first-order chi connectivity index (χ1) is 8.67. The molecule has 1 rings (SSSR count). The average Bonchev–Trinajstić information content (AvgIpc) is 2.41. The number of carbonyl (C=O) groups excluding carboxylic acids is 1. The third kappa shape index (κ3) is 5.38. The molecular formula is C15H30N2O. The Bertz CT molecular complexity index is 233. The summed E-state index contributed by atoms with van der Waals surface area (Å²) in [5, 5.41) is 6.52. The molecule has 2 N–H and O–H groups in total. The maximum atomic E-state index is 11.9. The number of hydrogen-bond acceptors (Lipinski definition) is 2. The second kappa shape index (κ2) is 8.52. The van der Waals surface area contributed by atoms with E-state index in [2.05, 4.69) is 31.4 Å². The topological polar surface area (TPSA) is 41.1 Å². The molecule has 18 heavy (non-hydrogen) atoms. The first-order valence-corrected chi connectivity index (χ1v) is 7.64. The Balaban J connectivity index is 2.21. The van der Waals surface area contributed by atoms with Crippen LogP contribution in [0.25, 0.3) is 0 Å². The van der Waals surface area contributed by atoms with Gasteiger partial charge in [-0.05, 0) is 43.7 Å². The van der Waals surface area contributed by atoms with Gasteiger partial charge in [0, 0.05) is 13.0 Å². The highest BCUT2D eigenvalue weighted by molar-refractivity contribution is 5.76. The summed E-state index contributed by atoms with van der Waals surface area (Å²) in [5.41, 5.74) is 0. The molecule has 0 aliphatic carbocycles. The molecule has 0 bridgehead atoms. The normalized spacial score (nSPS) is 21.9. The predicted octanol–water partition coefficient (Wildman–Crippen LogP) is 2.56. The van der Waals surface area contributed by atoms with Crippen LogP contribution in [-0.4, -0.2) is 25.5 Å². The van der Waals surface area contributed by atoms with Crippen LogP contribution in [-0.2, 0) is 4.79 Å². The minimum absolute atomic E-state index is 0.236. The van der Waals surface area contributed by atoms with E-state index < -0.39 is 0 Å². The Morgan fingerprint density at radius 1 is 1.39 bits per heavy atom. The number of rotatable bonds is 7. The van der Waals surface area contributed by atoms with Crippen molar-refractivity contribution >= 4 is 5.91 Å². The molecule has 0 saturated carbocycles. The van der Waals surface area contributed by atoms with Gasteiger partial charge in [-0.2, -0.15) is 0 Å². The van der Waals surface area contributed by atoms with Gasteiger partial charge < -0.3 is 10.6 Å². The summed E-state index contributed by atoms with van der Waals surface area (Å²) < 4.78 is 0. The van der Waals surface area contributed by atoms with Crippen LogP contribution in [0.2, 0.25) is 0 Å². The first kappa shape index (κ1) is 15.5. The summed E-state index contributed by atoms with van der Waals surface area (Å²) in [6.45, 7) is 9.67. The monoisotopic (exact) mass is 254 g/mol. The van der Waals surface area contributed by atoms with Crippen molar-refractivity contribution < 1.29 is 4.79 Å². The smallest absolute Gasteiger partial charge is 0.220 e. The van der Waals surface area contributed by atoms with Crippen LogP contribution in [0.3, 0.4) is 0 Å². The van der Waals surface area contributed by atoms with Crippen molar-refractivity contribution in [2.24, 2.45) is 17.8 Å². The molecule has 1 amide bonds. The van der Waals surface area contributed by atoms with Crippen molar-refractivity contribution in [1.82, 2.24) is 10.6 Å². The minimum atomic E-state index is 0.236. The Morgan fingerprint density at radius 3 is 2.67 bits per heavy atom. The average molecular weight is 254 g/mol. The van der Waals surface area contributed by atoms with Crippen LogP contribution in [0, 0.1) is 17.8 Å². The van der Waals surface area contributed by atoms with Crippen LogP contribution in [0.15, 0.2) is 0 Å². The molecule has 2 unspecified atom stereocenters. The molecule has 106 valence electrons. The molecule has 1 heterocycles. The van der Waals surface area contributed by atoms with Gasteiger partial charge >= 0.3 is 0 Å². The second-order valence-electron chi connectivity index (χ2n) is 5.77. The van der Waals surface area contributed by atoms with Crippen molar-refractivity contribution in [1.29, 1.82) is 0 Å². The van der Waals surface area contributed by atoms with Gasteiger partial charge in [-0.15, -0.1) is 0 Å². The standard InChI is InChI=1S/C15H30N2O/c1-4-13(5-2)10-17-15(18)9-12(3)14-7-6-8-16-11-14/h12-14,16H,4-11H2,1-3H3,(H,17,18). The fourth-order valence-electron chi connectivity index (χ4n) is 2.73. The molecule has 0 aromatic heterocycles. The van der Waals surface area contributed by atoms with Gasteiger partial charge in [-0.25, -0.2) is 0 Å². The van der Waals surface area contributed by atoms with E-state index in [0.29, 0.717) is 24.2 Å². The fraction of sp³-hybridized carbons (Fsp3) is 0.933. The van der Waals surface area contributed by atoms with Crippen molar-refractivity contribution in [2.75, 3.05) is 19.6 Å². The predicted molar refractivity (Wildman–Crippen MR) is 76.5 cm³/mol. The molecule has 3 nitrogen and oxygen atoms in total. The van der Waals surface area contributed by atoms with Gasteiger partial charge in [-0.1, -0.05) is 33.6 Å². The van der Waals surface area contributed by atoms with Crippen molar-refractivity contribution in [2.45, 2.75) is 52.9 Å². The van der Waals surface area contributed by atoms with E-state index in [-0.39, 0.29) is 5.91 Å². The minimum Gasteiger partial charge on any atom is -0.356 e. The van der Waals surface area contributed by atoms with Crippen LogP contribution < -0.4 is 10.6 Å². The van der Waals surface area contributed by atoms with E-state index in [0.717, 1.165) is 32.5 Å². The van der Waals surface area contributed by atoms with Gasteiger partial charge in [0.25, 0.3) is 0 Å². The van der Waals surface area contributed by atoms with E-state index in [1.54, 1.807) is 0 Å². The van der Waals surface area contributed by atoms with Crippen molar-refractivity contribution in [3.63, 3.8) is 0 Å². The molecule has 0 spiro atoms. The van der Waals surface area contributed by atoms with Crippen molar-refractivity contribution in [3.8, 4) is 0 Å². The summed E-state index contributed by atoms with van der Waals surface area (Å²) in [4.78, 5) is 11.9. The van der Waals surface area contributed by atoms with E-state index in [9.17, 15) is 4.79 Å². The van der Waals surface area contributed by atoms with E-state index >= 15 is 0 Å². The molecule has 0 aromatic carbocycles. The highest BCUT2D eigenvalue weighted by Gasteiger charge is 2.22. The zero-order valence-electron chi connectivity index (χ0n) is 12.3. The Kier molecular flexibility index (Phi) is 7.33. The molecule has 2 atom stereocenters. The van der Waals surface area contributed by atoms with Crippen LogP contribution in [0.5, 0.6) is 0 Å². The number of amides is 1. The lowest BCUT2D eigenvalue weighted by Gasteiger charge is -2.28. The highest BCUT2D eigenvalue weighted by atomic mass is 16.1. The quantitative estimate of drug-likeness (QED) is 0.733. The maximum absolute atomic E-state index is 11.9. The molecule has 3 heteroatoms. The summed E-state index contributed by atoms with van der Waals surface area (Å²) in [5.74, 6) is 2.05. The zero-order valence-corrected chi connectivity index (χ0v) is 12.3. The first-order valence-electron chi connectivity index (χ1n) is 7.64. The fourth-order valence-corrected chi connectivity index (χ4v) is 2.73. The van der Waals surface area contributed by atoms with Crippen molar-refractivity contribution in [3.05, 3.63) is 0 Å². The van der Waals surface area contributed by atoms with E-state index in [1.807, 2.05) is 0 Å². The molecule has 0 aromatic rings. The zero-order chi connectivity index (χ0) is 13.4. The van der Waals surface area contributed by atoms with Gasteiger partial charge in [0.05, 0.1) is 0 Å². The molecule has 0 radical (unpaired) electrons. The van der Waals surface area contributed by atoms with Crippen LogP contribution in [0.1, 0.15) is 52.9 Å². The molecule has 1 saturated heterocycles. The Labute approximate surface area is 112 Å². The van der Waals surface area contributed by atoms with Crippen LogP contribution in [0.4, 0.5) is 0 Å². The van der Waals surface area contributed by atoms with Gasteiger partial charge in [0.1, 0.15) is 0 Å². The molecule has 1 fully saturated rings. The lowest BCUT2D eigenvalue weighted by atomic mass is 9.85. The maximum Gasteiger partial charge on any atom is 0.220 e. The van der Waals surface area contributed by atoms with Gasteiger partial charge in [0.2, 0.25) is 5.91 Å². The summed E-state index contributed by atoms with van der Waals surface area (Å²) in [6, 6.07) is 0. The summed E-state index contributed by atoms with van der Waals surface area (Å²) in [6.07, 6.45) is 5.52. The van der Waals surface area contributed by atoms with E-state index in [4.69, 9.17) is 0 Å². The molecular weight excluding hydrogens is 224 g/mol. The number of carbonyl (C=O) groups is 1. The number of nitrogens with one attached hydrogen (secondary N) is 2. The van der Waals surface area contributed by atoms with Crippen LogP contribution >= 0.6 is 0 Å². The second-order valence-corrected chi connectivity index (χ2v) is 5.77. The third-order valence-electron chi connectivity index (χ3n) is 4.39. The third-order valence-corrected chi connectivity index (χ3v) is 4.39. The Hall–Kier alpha value is -0.570. The lowest BCUT2D eigenvalue weighted by molar-refractivity contribution is -0.122. The largest absolute Gasteiger partial charge is 0.356 e. The van der Waals surface area contributed by atoms with E-state index in [1.165, 1.54) is 12.8 Å². The summed E-state index contributed by atoms with van der Waals surface area (Å²) >= 11 is 0. The highest BCUT2D eigenvalue weighted by Crippen LogP contribution is 2.22. The van der Waals surface area contributed by atoms with Gasteiger partial charge in [0.15, 0.2) is 0 Å². The Morgan fingerprint density at radius 2 is 2.11 bits per heavy atom. The number of piperidine rings is 1.